The van der Waals surface area contributed by atoms with Crippen molar-refractivity contribution >= 4 is 23.9 Å². The van der Waals surface area contributed by atoms with Gasteiger partial charge in [0, 0.05) is 19.3 Å². The number of esters is 3. The third kappa shape index (κ3) is 41.0. The number of ether oxygens (including phenoxy) is 5. The fourth-order valence-corrected chi connectivity index (χ4v) is 8.68. The van der Waals surface area contributed by atoms with Crippen LogP contribution >= 0.6 is 0 Å². The Balaban J connectivity index is 2.71. The Morgan fingerprint density at radius 2 is 0.840 bits per heavy atom. The molecule has 1 heterocycles. The van der Waals surface area contributed by atoms with Gasteiger partial charge in [-0.05, 0) is 89.9 Å². The summed E-state index contributed by atoms with van der Waals surface area (Å²) in [6, 6.07) is 0. The van der Waals surface area contributed by atoms with Gasteiger partial charge in [0.1, 0.15) is 18.8 Å². The lowest BCUT2D eigenvalue weighted by Gasteiger charge is -2.40. The summed E-state index contributed by atoms with van der Waals surface area (Å²) in [6.45, 7) is 5.83. The van der Waals surface area contributed by atoms with Crippen LogP contribution in [0.5, 0.6) is 0 Å². The van der Waals surface area contributed by atoms with E-state index in [1.54, 1.807) is 0 Å². The fourth-order valence-electron chi connectivity index (χ4n) is 8.68. The standard InChI is InChI=1S/C63H106O12/c1-4-7-10-13-16-19-22-25-27-28-30-32-34-37-40-43-46-49-55(64)71-52-54(73-56(65)50-47-44-41-38-35-31-24-21-18-15-12-9-6-3)53-72-63-61(59(68)58(67)60(75-63)62(69)70)74-57(66)51-48-45-42-39-36-33-29-26-23-20-17-14-11-8-5-2/h7,10,16-17,19-20,25-27,29-30,32,54,58-61,63,67-68H,4-6,8-9,11-15,18,21-24,28,31,33-53H2,1-3H3,(H,69,70)/b10-7-,19-16-,20-17-,27-25-,29-26-,32-30-. The molecule has 12 heteroatoms. The molecule has 75 heavy (non-hydrogen) atoms. The van der Waals surface area contributed by atoms with Crippen LogP contribution in [0.25, 0.3) is 0 Å². The Morgan fingerprint density at radius 1 is 0.453 bits per heavy atom. The first-order valence-corrected chi connectivity index (χ1v) is 29.9. The SMILES string of the molecule is CC/C=C\C/C=C\C/C=C\C/C=C\CCCCCCC(=O)OCC(COC1OC(C(=O)O)C(O)C(O)C1OC(=O)CCCCCCC/C=C\C/C=C\CCCCC)OC(=O)CCCCCCCCCCCCCCC. The van der Waals surface area contributed by atoms with E-state index < -0.39 is 67.3 Å². The average molecular weight is 1060 g/mol. The molecule has 0 aromatic rings. The highest BCUT2D eigenvalue weighted by molar-refractivity contribution is 5.74. The number of unbranched alkanes of at least 4 members (excludes halogenated alkanes) is 24. The van der Waals surface area contributed by atoms with Crippen molar-refractivity contribution in [3.63, 3.8) is 0 Å². The van der Waals surface area contributed by atoms with E-state index in [0.29, 0.717) is 19.3 Å². The van der Waals surface area contributed by atoms with E-state index in [1.807, 2.05) is 0 Å². The van der Waals surface area contributed by atoms with Gasteiger partial charge in [-0.25, -0.2) is 4.79 Å². The van der Waals surface area contributed by atoms with E-state index in [0.717, 1.165) is 116 Å². The summed E-state index contributed by atoms with van der Waals surface area (Å²) < 4.78 is 28.4. The van der Waals surface area contributed by atoms with Crippen LogP contribution in [0.2, 0.25) is 0 Å². The number of hydrogen-bond acceptors (Lipinski definition) is 11. The minimum absolute atomic E-state index is 0.0412. The van der Waals surface area contributed by atoms with Gasteiger partial charge in [0.05, 0.1) is 6.61 Å². The number of hydrogen-bond donors (Lipinski definition) is 3. The molecule has 0 saturated carbocycles. The van der Waals surface area contributed by atoms with Crippen molar-refractivity contribution in [3.8, 4) is 0 Å². The zero-order valence-corrected chi connectivity index (χ0v) is 47.3. The van der Waals surface area contributed by atoms with Crippen LogP contribution in [0.1, 0.15) is 252 Å². The zero-order valence-electron chi connectivity index (χ0n) is 47.3. The Kier molecular flexibility index (Phi) is 47.0. The number of allylic oxidation sites excluding steroid dienone is 12. The third-order valence-corrected chi connectivity index (χ3v) is 13.3. The van der Waals surface area contributed by atoms with Crippen LogP contribution in [0, 0.1) is 0 Å². The number of rotatable bonds is 50. The van der Waals surface area contributed by atoms with Gasteiger partial charge in [0.15, 0.2) is 24.6 Å². The molecule has 0 aromatic carbocycles. The number of aliphatic hydroxyl groups is 2. The molecule has 430 valence electrons. The highest BCUT2D eigenvalue weighted by Gasteiger charge is 2.50. The lowest BCUT2D eigenvalue weighted by Crippen LogP contribution is -2.61. The minimum Gasteiger partial charge on any atom is -0.479 e. The van der Waals surface area contributed by atoms with Crippen LogP contribution in [0.4, 0.5) is 0 Å². The largest absolute Gasteiger partial charge is 0.479 e. The van der Waals surface area contributed by atoms with Crippen molar-refractivity contribution in [2.75, 3.05) is 13.2 Å². The molecule has 6 atom stereocenters. The van der Waals surface area contributed by atoms with Gasteiger partial charge in [-0.15, -0.1) is 0 Å². The van der Waals surface area contributed by atoms with E-state index >= 15 is 0 Å². The summed E-state index contributed by atoms with van der Waals surface area (Å²) in [5, 5.41) is 31.5. The van der Waals surface area contributed by atoms with Gasteiger partial charge in [-0.1, -0.05) is 216 Å². The Morgan fingerprint density at radius 3 is 1.31 bits per heavy atom. The summed E-state index contributed by atoms with van der Waals surface area (Å²) in [4.78, 5) is 51.1. The maximum atomic E-state index is 13.1. The van der Waals surface area contributed by atoms with Gasteiger partial charge in [0.25, 0.3) is 0 Å². The maximum absolute atomic E-state index is 13.1. The molecule has 0 bridgehead atoms. The number of carboxylic acid groups (broad SMARTS) is 1. The van der Waals surface area contributed by atoms with Crippen molar-refractivity contribution in [1.29, 1.82) is 0 Å². The quantitative estimate of drug-likeness (QED) is 0.0228. The lowest BCUT2D eigenvalue weighted by molar-refractivity contribution is -0.301. The molecular formula is C63H106O12. The molecule has 1 fully saturated rings. The zero-order chi connectivity index (χ0) is 54.7. The lowest BCUT2D eigenvalue weighted by atomic mass is 9.98. The molecule has 1 rings (SSSR count). The molecule has 12 nitrogen and oxygen atoms in total. The van der Waals surface area contributed by atoms with Gasteiger partial charge < -0.3 is 39.0 Å². The number of carboxylic acids is 1. The van der Waals surface area contributed by atoms with Crippen LogP contribution in [0.15, 0.2) is 72.9 Å². The second-order valence-corrected chi connectivity index (χ2v) is 20.3. The summed E-state index contributed by atoms with van der Waals surface area (Å²) in [6.07, 6.45) is 51.5. The van der Waals surface area contributed by atoms with Crippen LogP contribution in [-0.4, -0.2) is 89.2 Å². The second-order valence-electron chi connectivity index (χ2n) is 20.3. The van der Waals surface area contributed by atoms with Crippen LogP contribution in [-0.2, 0) is 42.9 Å². The third-order valence-electron chi connectivity index (χ3n) is 13.3. The van der Waals surface area contributed by atoms with Crippen molar-refractivity contribution in [2.45, 2.75) is 289 Å². The molecular weight excluding hydrogens is 949 g/mol. The number of carbonyl (C=O) groups is 4. The minimum atomic E-state index is -1.91. The van der Waals surface area contributed by atoms with Crippen LogP contribution in [0.3, 0.4) is 0 Å². The molecule has 6 unspecified atom stereocenters. The predicted octanol–water partition coefficient (Wildman–Crippen LogP) is 15.3. The molecule has 1 aliphatic rings. The molecule has 0 aromatic heterocycles. The van der Waals surface area contributed by atoms with Gasteiger partial charge in [-0.3, -0.25) is 14.4 Å². The summed E-state index contributed by atoms with van der Waals surface area (Å²) in [7, 11) is 0. The number of aliphatic carboxylic acids is 1. The van der Waals surface area contributed by atoms with Crippen LogP contribution < -0.4 is 0 Å². The van der Waals surface area contributed by atoms with Crippen molar-refractivity contribution in [3.05, 3.63) is 72.9 Å². The van der Waals surface area contributed by atoms with E-state index in [1.165, 1.54) is 77.0 Å². The first kappa shape index (κ1) is 69.2. The Hall–Kier alpha value is -3.84. The Bertz CT molecular complexity index is 1580. The normalized spacial score (nSPS) is 18.7. The summed E-state index contributed by atoms with van der Waals surface area (Å²) >= 11 is 0. The van der Waals surface area contributed by atoms with Gasteiger partial charge in [0.2, 0.25) is 0 Å². The van der Waals surface area contributed by atoms with Crippen molar-refractivity contribution < 1.29 is 58.2 Å². The molecule has 3 N–H and O–H groups in total. The molecule has 0 aliphatic carbocycles. The smallest absolute Gasteiger partial charge is 0.335 e. The number of carbonyl (C=O) groups excluding carboxylic acids is 3. The first-order chi connectivity index (χ1) is 36.6. The molecule has 0 amide bonds. The molecule has 0 spiro atoms. The van der Waals surface area contributed by atoms with Crippen molar-refractivity contribution in [2.24, 2.45) is 0 Å². The predicted molar refractivity (Wildman–Crippen MR) is 303 cm³/mol. The van der Waals surface area contributed by atoms with E-state index in [9.17, 15) is 34.5 Å². The van der Waals surface area contributed by atoms with E-state index in [2.05, 4.69) is 93.7 Å². The summed E-state index contributed by atoms with van der Waals surface area (Å²) in [5.74, 6) is -3.16. The topological polar surface area (TPSA) is 175 Å². The molecule has 1 aliphatic heterocycles. The van der Waals surface area contributed by atoms with Gasteiger partial charge in [-0.2, -0.15) is 0 Å². The molecule has 1 saturated heterocycles. The highest BCUT2D eigenvalue weighted by Crippen LogP contribution is 2.26. The average Bonchev–Trinajstić information content (AvgIpc) is 3.39. The monoisotopic (exact) mass is 1050 g/mol. The Labute approximate surface area is 455 Å². The highest BCUT2D eigenvalue weighted by atomic mass is 16.7. The van der Waals surface area contributed by atoms with Crippen molar-refractivity contribution in [1.82, 2.24) is 0 Å². The number of aliphatic hydroxyl groups excluding tert-OH is 2. The second kappa shape index (κ2) is 50.9. The maximum Gasteiger partial charge on any atom is 0.335 e. The van der Waals surface area contributed by atoms with E-state index in [4.69, 9.17) is 23.7 Å². The summed E-state index contributed by atoms with van der Waals surface area (Å²) in [5.41, 5.74) is 0. The van der Waals surface area contributed by atoms with Gasteiger partial charge >= 0.3 is 23.9 Å². The van der Waals surface area contributed by atoms with E-state index in [-0.39, 0.29) is 25.9 Å². The molecule has 0 radical (unpaired) electrons. The first-order valence-electron chi connectivity index (χ1n) is 29.9. The fraction of sp³-hybridized carbons (Fsp3) is 0.746.